The summed E-state index contributed by atoms with van der Waals surface area (Å²) in [5.41, 5.74) is 7.13. The molecule has 0 fully saturated rings. The maximum Gasteiger partial charge on any atom is 0.261 e. The number of hydrogen-bond acceptors (Lipinski definition) is 6. The van der Waals surface area contributed by atoms with Crippen LogP contribution in [0.25, 0.3) is 10.9 Å². The molecule has 36 heavy (non-hydrogen) atoms. The van der Waals surface area contributed by atoms with Gasteiger partial charge in [-0.25, -0.2) is 4.98 Å². The van der Waals surface area contributed by atoms with E-state index in [9.17, 15) is 9.59 Å². The summed E-state index contributed by atoms with van der Waals surface area (Å²) in [5.74, 6) is 0.423. The molecule has 0 aliphatic heterocycles. The lowest BCUT2D eigenvalue weighted by molar-refractivity contribution is -0.139. The van der Waals surface area contributed by atoms with E-state index in [4.69, 9.17) is 20.2 Å². The smallest absolute Gasteiger partial charge is 0.261 e. The number of para-hydroxylation sites is 1. The minimum absolute atomic E-state index is 0.0437. The van der Waals surface area contributed by atoms with E-state index >= 15 is 0 Å². The number of nitrogens with zero attached hydrogens (tertiary/aromatic N) is 3. The van der Waals surface area contributed by atoms with Crippen molar-refractivity contribution in [3.05, 3.63) is 76.3 Å². The first-order valence-corrected chi connectivity index (χ1v) is 12.7. The second kappa shape index (κ2) is 14.5. The van der Waals surface area contributed by atoms with Gasteiger partial charge < -0.3 is 20.1 Å². The average Bonchev–Trinajstić information content (AvgIpc) is 2.90. The molecule has 1 heterocycles. The second-order valence-corrected chi connectivity index (χ2v) is 8.88. The summed E-state index contributed by atoms with van der Waals surface area (Å²) >= 11 is 0. The summed E-state index contributed by atoms with van der Waals surface area (Å²) in [6.45, 7) is 4.18. The molecular weight excluding hydrogens is 456 g/mol. The Bertz CT molecular complexity index is 1150. The van der Waals surface area contributed by atoms with E-state index in [0.717, 1.165) is 31.2 Å². The number of unbranched alkanes of at least 4 members (excludes halogenated alkanes) is 3. The molecular formula is C28H38N4O4. The third kappa shape index (κ3) is 7.46. The molecule has 0 saturated heterocycles. The summed E-state index contributed by atoms with van der Waals surface area (Å²) in [6, 6.07) is 16.7. The number of carbonyl (C=O) groups is 1. The van der Waals surface area contributed by atoms with Crippen LogP contribution in [-0.2, 0) is 27.4 Å². The fourth-order valence-electron chi connectivity index (χ4n) is 4.27. The van der Waals surface area contributed by atoms with Crippen molar-refractivity contribution >= 4 is 16.8 Å². The van der Waals surface area contributed by atoms with Crippen molar-refractivity contribution < 1.29 is 14.3 Å². The molecule has 0 spiro atoms. The minimum Gasteiger partial charge on any atom is -0.383 e. The molecule has 3 aromatic rings. The highest BCUT2D eigenvalue weighted by Gasteiger charge is 2.26. The number of carbonyl (C=O) groups excluding carboxylic acids is 1. The van der Waals surface area contributed by atoms with E-state index in [1.54, 1.807) is 22.6 Å². The zero-order valence-corrected chi connectivity index (χ0v) is 21.4. The van der Waals surface area contributed by atoms with Crippen molar-refractivity contribution in [2.75, 3.05) is 33.4 Å². The summed E-state index contributed by atoms with van der Waals surface area (Å²) in [4.78, 5) is 33.3. The second-order valence-electron chi connectivity index (χ2n) is 8.88. The number of benzene rings is 2. The van der Waals surface area contributed by atoms with Gasteiger partial charge in [0.2, 0.25) is 5.91 Å². The molecule has 2 aromatic carbocycles. The monoisotopic (exact) mass is 494 g/mol. The van der Waals surface area contributed by atoms with Gasteiger partial charge in [0, 0.05) is 13.7 Å². The number of amides is 1. The molecule has 8 nitrogen and oxygen atoms in total. The van der Waals surface area contributed by atoms with Gasteiger partial charge in [-0.1, -0.05) is 55.3 Å². The quantitative estimate of drug-likeness (QED) is 0.324. The summed E-state index contributed by atoms with van der Waals surface area (Å²) in [5, 5.41) is 0.551. The summed E-state index contributed by atoms with van der Waals surface area (Å²) < 4.78 is 12.7. The van der Waals surface area contributed by atoms with E-state index in [-0.39, 0.29) is 18.1 Å². The first kappa shape index (κ1) is 27.5. The SMILES string of the molecule is COCCn1c(C(C)N(CCCCCCN)C(=O)COCc2ccccc2)nc2ccccc2c1=O. The van der Waals surface area contributed by atoms with Crippen molar-refractivity contribution in [1.82, 2.24) is 14.5 Å². The Morgan fingerprint density at radius 1 is 1.06 bits per heavy atom. The van der Waals surface area contributed by atoms with Crippen LogP contribution < -0.4 is 11.3 Å². The Kier molecular flexibility index (Phi) is 11.1. The highest BCUT2D eigenvalue weighted by molar-refractivity contribution is 5.79. The van der Waals surface area contributed by atoms with E-state index in [1.807, 2.05) is 55.5 Å². The molecule has 0 saturated carbocycles. The van der Waals surface area contributed by atoms with Gasteiger partial charge >= 0.3 is 0 Å². The zero-order valence-electron chi connectivity index (χ0n) is 21.4. The number of hydrogen-bond donors (Lipinski definition) is 1. The van der Waals surface area contributed by atoms with Crippen molar-refractivity contribution in [3.63, 3.8) is 0 Å². The van der Waals surface area contributed by atoms with Gasteiger partial charge in [0.25, 0.3) is 5.56 Å². The van der Waals surface area contributed by atoms with Gasteiger partial charge in [0.1, 0.15) is 12.4 Å². The van der Waals surface area contributed by atoms with Crippen LogP contribution >= 0.6 is 0 Å². The number of fused-ring (bicyclic) bond motifs is 1. The van der Waals surface area contributed by atoms with Crippen molar-refractivity contribution in [1.29, 1.82) is 0 Å². The molecule has 3 rings (SSSR count). The first-order chi connectivity index (χ1) is 17.6. The van der Waals surface area contributed by atoms with Gasteiger partial charge in [0.05, 0.1) is 36.7 Å². The van der Waals surface area contributed by atoms with Gasteiger partial charge in [-0.2, -0.15) is 0 Å². The van der Waals surface area contributed by atoms with E-state index in [0.29, 0.717) is 49.6 Å². The maximum absolute atomic E-state index is 13.4. The fourth-order valence-corrected chi connectivity index (χ4v) is 4.27. The minimum atomic E-state index is -0.415. The van der Waals surface area contributed by atoms with Crippen molar-refractivity contribution in [3.8, 4) is 0 Å². The van der Waals surface area contributed by atoms with Gasteiger partial charge in [-0.15, -0.1) is 0 Å². The lowest BCUT2D eigenvalue weighted by Crippen LogP contribution is -2.40. The molecule has 1 atom stereocenters. The highest BCUT2D eigenvalue weighted by Crippen LogP contribution is 2.21. The van der Waals surface area contributed by atoms with Gasteiger partial charge in [0.15, 0.2) is 0 Å². The largest absolute Gasteiger partial charge is 0.383 e. The normalized spacial score (nSPS) is 12.1. The molecule has 2 N–H and O–H groups in total. The van der Waals surface area contributed by atoms with Crippen LogP contribution in [-0.4, -0.2) is 53.8 Å². The van der Waals surface area contributed by atoms with Crippen LogP contribution in [0, 0.1) is 0 Å². The van der Waals surface area contributed by atoms with E-state index < -0.39 is 6.04 Å². The van der Waals surface area contributed by atoms with Crippen LogP contribution in [0.1, 0.15) is 50.0 Å². The Labute approximate surface area is 213 Å². The third-order valence-corrected chi connectivity index (χ3v) is 6.26. The Hall–Kier alpha value is -3.07. The lowest BCUT2D eigenvalue weighted by Gasteiger charge is -2.30. The van der Waals surface area contributed by atoms with Crippen LogP contribution in [0.3, 0.4) is 0 Å². The van der Waals surface area contributed by atoms with Gasteiger partial charge in [-0.05, 0) is 44.0 Å². The van der Waals surface area contributed by atoms with Crippen LogP contribution in [0.15, 0.2) is 59.4 Å². The molecule has 1 unspecified atom stereocenters. The molecule has 0 bridgehead atoms. The fraction of sp³-hybridized carbons (Fsp3) is 0.464. The van der Waals surface area contributed by atoms with Crippen LogP contribution in [0.4, 0.5) is 0 Å². The molecule has 0 radical (unpaired) electrons. The zero-order chi connectivity index (χ0) is 25.8. The topological polar surface area (TPSA) is 99.7 Å². The molecule has 0 aliphatic rings. The Balaban J connectivity index is 1.85. The van der Waals surface area contributed by atoms with Crippen LogP contribution in [0.2, 0.25) is 0 Å². The predicted octanol–water partition coefficient (Wildman–Crippen LogP) is 3.67. The number of nitrogens with two attached hydrogens (primary N) is 1. The average molecular weight is 495 g/mol. The number of aromatic nitrogens is 2. The molecule has 0 aliphatic carbocycles. The van der Waals surface area contributed by atoms with Crippen LogP contribution in [0.5, 0.6) is 0 Å². The highest BCUT2D eigenvalue weighted by atomic mass is 16.5. The number of rotatable bonds is 15. The number of methoxy groups -OCH3 is 1. The van der Waals surface area contributed by atoms with E-state index in [2.05, 4.69) is 0 Å². The van der Waals surface area contributed by atoms with Crippen molar-refractivity contribution in [2.45, 2.75) is 51.8 Å². The Morgan fingerprint density at radius 2 is 1.78 bits per heavy atom. The summed E-state index contributed by atoms with van der Waals surface area (Å²) in [7, 11) is 1.60. The molecule has 1 aromatic heterocycles. The number of ether oxygens (including phenoxy) is 2. The first-order valence-electron chi connectivity index (χ1n) is 12.7. The molecule has 1 amide bonds. The van der Waals surface area contributed by atoms with E-state index in [1.165, 1.54) is 0 Å². The lowest BCUT2D eigenvalue weighted by atomic mass is 10.1. The Morgan fingerprint density at radius 3 is 2.53 bits per heavy atom. The maximum atomic E-state index is 13.4. The van der Waals surface area contributed by atoms with Gasteiger partial charge in [-0.3, -0.25) is 14.2 Å². The third-order valence-electron chi connectivity index (χ3n) is 6.26. The predicted molar refractivity (Wildman–Crippen MR) is 142 cm³/mol. The standard InChI is InChI=1S/C28H38N4O4/c1-22(27-30-25-15-9-8-14-24(25)28(34)32(27)18-19-35-2)31(17-11-4-3-10-16-29)26(33)21-36-20-23-12-6-5-7-13-23/h5-9,12-15,22H,3-4,10-11,16-21,29H2,1-2H3. The van der Waals surface area contributed by atoms with Crippen molar-refractivity contribution in [2.24, 2.45) is 5.73 Å². The summed E-state index contributed by atoms with van der Waals surface area (Å²) in [6.07, 6.45) is 3.79. The molecule has 194 valence electrons. The molecule has 8 heteroatoms.